The maximum atomic E-state index is 12.5. The number of allylic oxidation sites excluding steroid dienone is 1. The van der Waals surface area contributed by atoms with Gasteiger partial charge in [0.2, 0.25) is 0 Å². The molecule has 3 fully saturated rings. The Hall–Kier alpha value is -1.66. The summed E-state index contributed by atoms with van der Waals surface area (Å²) in [6, 6.07) is 0. The predicted molar refractivity (Wildman–Crippen MR) is 93.9 cm³/mol. The summed E-state index contributed by atoms with van der Waals surface area (Å²) in [5.74, 6) is -2.03. The minimum Gasteiger partial charge on any atom is -0.458 e. The van der Waals surface area contributed by atoms with Gasteiger partial charge in [0.25, 0.3) is 0 Å². The van der Waals surface area contributed by atoms with Crippen molar-refractivity contribution in [2.45, 2.75) is 70.9 Å². The van der Waals surface area contributed by atoms with Crippen LogP contribution in [-0.2, 0) is 19.1 Å². The second kappa shape index (κ2) is 6.20. The maximum Gasteiger partial charge on any atom is 0.334 e. The Kier molecular flexibility index (Phi) is 4.56. The van der Waals surface area contributed by atoms with Crippen molar-refractivity contribution in [2.24, 2.45) is 17.3 Å². The van der Waals surface area contributed by atoms with E-state index < -0.39 is 53.1 Å². The van der Waals surface area contributed by atoms with Crippen LogP contribution in [-0.4, -0.2) is 46.1 Å². The normalized spacial score (nSPS) is 45.6. The van der Waals surface area contributed by atoms with E-state index in [9.17, 15) is 19.8 Å². The molecule has 3 rings (SSSR count). The van der Waals surface area contributed by atoms with Gasteiger partial charge < -0.3 is 19.7 Å². The second-order valence-corrected chi connectivity index (χ2v) is 8.44. The molecule has 0 bridgehead atoms. The van der Waals surface area contributed by atoms with E-state index in [-0.39, 0.29) is 5.57 Å². The standard InChI is InChI=1S/C20H28O6/c1-6-10(2)17(22)26-15-14-11(3)18(23)25-12(14)9-19(4)13(21)7-8-20(5,24)16(15)19/h6,12-16,21,24H,3,7-9H2,1-2,4-5H3/b10-6+/t12-,13+,14+,15-,16?,19-,20+/m0/s1. The molecule has 0 aromatic heterocycles. The summed E-state index contributed by atoms with van der Waals surface area (Å²) >= 11 is 0. The third-order valence-corrected chi connectivity index (χ3v) is 6.71. The molecular formula is C20H28O6. The third kappa shape index (κ3) is 2.70. The molecule has 3 aliphatic rings. The van der Waals surface area contributed by atoms with E-state index in [1.54, 1.807) is 26.8 Å². The Labute approximate surface area is 153 Å². The van der Waals surface area contributed by atoms with Crippen LogP contribution in [0.1, 0.15) is 47.0 Å². The molecule has 2 saturated carbocycles. The monoisotopic (exact) mass is 364 g/mol. The second-order valence-electron chi connectivity index (χ2n) is 8.44. The number of esters is 2. The van der Waals surface area contributed by atoms with Crippen LogP contribution in [0, 0.1) is 17.3 Å². The van der Waals surface area contributed by atoms with Gasteiger partial charge in [-0.1, -0.05) is 19.6 Å². The lowest BCUT2D eigenvalue weighted by Crippen LogP contribution is -2.65. The molecule has 144 valence electrons. The number of hydrogen-bond donors (Lipinski definition) is 2. The SMILES string of the molecule is C=C1C(=O)O[C@H]2C[C@]3(C)C([C@@H](OC(=O)/C(C)=C/C)[C@H]12)[C@](C)(O)CC[C@H]3O. The lowest BCUT2D eigenvalue weighted by atomic mass is 9.50. The zero-order chi connectivity index (χ0) is 19.4. The summed E-state index contributed by atoms with van der Waals surface area (Å²) in [6.45, 7) is 10.8. The fourth-order valence-corrected chi connectivity index (χ4v) is 5.17. The van der Waals surface area contributed by atoms with Crippen LogP contribution in [0.4, 0.5) is 0 Å². The third-order valence-electron chi connectivity index (χ3n) is 6.71. The van der Waals surface area contributed by atoms with Crippen molar-refractivity contribution in [1.29, 1.82) is 0 Å². The molecule has 0 spiro atoms. The summed E-state index contributed by atoms with van der Waals surface area (Å²) in [5.41, 5.74) is -1.16. The number of rotatable bonds is 2. The first-order valence-electron chi connectivity index (χ1n) is 9.17. The van der Waals surface area contributed by atoms with Crippen LogP contribution in [0.3, 0.4) is 0 Å². The van der Waals surface area contributed by atoms with Crippen LogP contribution in [0.2, 0.25) is 0 Å². The van der Waals surface area contributed by atoms with Gasteiger partial charge in [-0.2, -0.15) is 0 Å². The van der Waals surface area contributed by atoms with Gasteiger partial charge in [-0.05, 0) is 40.0 Å². The Morgan fingerprint density at radius 2 is 2.08 bits per heavy atom. The van der Waals surface area contributed by atoms with Crippen LogP contribution in [0.15, 0.2) is 23.8 Å². The molecule has 2 aliphatic carbocycles. The largest absolute Gasteiger partial charge is 0.458 e. The van der Waals surface area contributed by atoms with E-state index in [4.69, 9.17) is 9.47 Å². The Morgan fingerprint density at radius 3 is 2.69 bits per heavy atom. The van der Waals surface area contributed by atoms with Gasteiger partial charge in [0.05, 0.1) is 17.6 Å². The molecule has 1 unspecified atom stereocenters. The van der Waals surface area contributed by atoms with Crippen LogP contribution in [0.25, 0.3) is 0 Å². The molecule has 2 N–H and O–H groups in total. The molecule has 1 aliphatic heterocycles. The fourth-order valence-electron chi connectivity index (χ4n) is 5.17. The van der Waals surface area contributed by atoms with E-state index >= 15 is 0 Å². The van der Waals surface area contributed by atoms with E-state index in [2.05, 4.69) is 6.58 Å². The first kappa shape index (κ1) is 19.1. The highest BCUT2D eigenvalue weighted by atomic mass is 16.6. The molecule has 0 amide bonds. The van der Waals surface area contributed by atoms with Crippen molar-refractivity contribution in [2.75, 3.05) is 0 Å². The fraction of sp³-hybridized carbons (Fsp3) is 0.700. The average molecular weight is 364 g/mol. The number of aliphatic hydroxyl groups is 2. The molecule has 1 heterocycles. The van der Waals surface area contributed by atoms with Gasteiger partial charge in [0.15, 0.2) is 0 Å². The smallest absolute Gasteiger partial charge is 0.334 e. The lowest BCUT2D eigenvalue weighted by Gasteiger charge is -2.59. The minimum absolute atomic E-state index is 0.267. The van der Waals surface area contributed by atoms with Crippen molar-refractivity contribution in [3.8, 4) is 0 Å². The summed E-state index contributed by atoms with van der Waals surface area (Å²) in [6.07, 6.45) is 0.922. The van der Waals surface area contributed by atoms with Crippen molar-refractivity contribution in [1.82, 2.24) is 0 Å². The highest BCUT2D eigenvalue weighted by Gasteiger charge is 2.66. The van der Waals surface area contributed by atoms with Crippen LogP contribution < -0.4 is 0 Å². The quantitative estimate of drug-likeness (QED) is 0.574. The van der Waals surface area contributed by atoms with E-state index in [1.807, 2.05) is 6.92 Å². The molecular weight excluding hydrogens is 336 g/mol. The zero-order valence-corrected chi connectivity index (χ0v) is 15.8. The Bertz CT molecular complexity index is 678. The highest BCUT2D eigenvalue weighted by Crippen LogP contribution is 2.59. The number of aliphatic hydroxyl groups excluding tert-OH is 1. The van der Waals surface area contributed by atoms with Crippen LogP contribution in [0.5, 0.6) is 0 Å². The molecule has 0 aromatic rings. The van der Waals surface area contributed by atoms with Crippen molar-refractivity contribution >= 4 is 11.9 Å². The Balaban J connectivity index is 2.08. The Morgan fingerprint density at radius 1 is 1.42 bits per heavy atom. The number of carbonyl (C=O) groups excluding carboxylic acids is 2. The predicted octanol–water partition coefficient (Wildman–Crippen LogP) is 1.89. The first-order valence-corrected chi connectivity index (χ1v) is 9.17. The maximum absolute atomic E-state index is 12.5. The van der Waals surface area contributed by atoms with Crippen molar-refractivity contribution in [3.05, 3.63) is 23.8 Å². The van der Waals surface area contributed by atoms with Gasteiger partial charge in [0.1, 0.15) is 12.2 Å². The van der Waals surface area contributed by atoms with Gasteiger partial charge in [-0.3, -0.25) is 0 Å². The first-order chi connectivity index (χ1) is 12.0. The van der Waals surface area contributed by atoms with Gasteiger partial charge >= 0.3 is 11.9 Å². The number of fused-ring (bicyclic) bond motifs is 2. The summed E-state index contributed by atoms with van der Waals surface area (Å²) < 4.78 is 11.3. The summed E-state index contributed by atoms with van der Waals surface area (Å²) in [7, 11) is 0. The molecule has 1 saturated heterocycles. The average Bonchev–Trinajstić information content (AvgIpc) is 2.84. The molecule has 26 heavy (non-hydrogen) atoms. The number of ether oxygens (including phenoxy) is 2. The van der Waals surface area contributed by atoms with Gasteiger partial charge in [-0.15, -0.1) is 0 Å². The molecule has 0 radical (unpaired) electrons. The molecule has 7 atom stereocenters. The lowest BCUT2D eigenvalue weighted by molar-refractivity contribution is -0.234. The topological polar surface area (TPSA) is 93.1 Å². The summed E-state index contributed by atoms with van der Waals surface area (Å²) in [4.78, 5) is 24.6. The van der Waals surface area contributed by atoms with Crippen molar-refractivity contribution < 1.29 is 29.3 Å². The van der Waals surface area contributed by atoms with Crippen molar-refractivity contribution in [3.63, 3.8) is 0 Å². The van der Waals surface area contributed by atoms with Gasteiger partial charge in [-0.25, -0.2) is 9.59 Å². The molecule has 6 nitrogen and oxygen atoms in total. The van der Waals surface area contributed by atoms with Gasteiger partial charge in [0, 0.05) is 22.5 Å². The summed E-state index contributed by atoms with van der Waals surface area (Å²) in [5, 5.41) is 21.9. The molecule has 6 heteroatoms. The highest BCUT2D eigenvalue weighted by molar-refractivity contribution is 5.91. The van der Waals surface area contributed by atoms with Crippen LogP contribution >= 0.6 is 0 Å². The van der Waals surface area contributed by atoms with E-state index in [0.717, 1.165) is 0 Å². The zero-order valence-electron chi connectivity index (χ0n) is 15.8. The van der Waals surface area contributed by atoms with E-state index in [0.29, 0.717) is 24.8 Å². The minimum atomic E-state index is -1.14. The number of carbonyl (C=O) groups is 2. The van der Waals surface area contributed by atoms with E-state index in [1.165, 1.54) is 0 Å². The number of hydrogen-bond acceptors (Lipinski definition) is 6. The molecule has 0 aromatic carbocycles.